The summed E-state index contributed by atoms with van der Waals surface area (Å²) >= 11 is 0. The first-order chi connectivity index (χ1) is 11.8. The van der Waals surface area contributed by atoms with Crippen molar-refractivity contribution in [1.29, 1.82) is 0 Å². The van der Waals surface area contributed by atoms with Crippen molar-refractivity contribution in [2.45, 2.75) is 19.6 Å². The van der Waals surface area contributed by atoms with Crippen LogP contribution in [0.5, 0.6) is 5.75 Å². The summed E-state index contributed by atoms with van der Waals surface area (Å²) in [6, 6.07) is 5.15. The Labute approximate surface area is 143 Å². The molecule has 134 valence electrons. The van der Waals surface area contributed by atoms with Crippen LogP contribution in [0.25, 0.3) is 11.3 Å². The summed E-state index contributed by atoms with van der Waals surface area (Å²) in [4.78, 5) is 2.19. The van der Waals surface area contributed by atoms with Gasteiger partial charge in [0.1, 0.15) is 5.75 Å². The molecule has 25 heavy (non-hydrogen) atoms. The Balaban J connectivity index is 1.82. The third-order valence-corrected chi connectivity index (χ3v) is 4.11. The number of rotatable bonds is 3. The molecule has 0 unspecified atom stereocenters. The molecule has 0 amide bonds. The van der Waals surface area contributed by atoms with Crippen molar-refractivity contribution in [2.24, 2.45) is 0 Å². The van der Waals surface area contributed by atoms with E-state index in [0.717, 1.165) is 24.8 Å². The van der Waals surface area contributed by atoms with Gasteiger partial charge in [-0.1, -0.05) is 0 Å². The van der Waals surface area contributed by atoms with Crippen LogP contribution in [0.2, 0.25) is 0 Å². The molecule has 0 atom stereocenters. The van der Waals surface area contributed by atoms with E-state index < -0.39 is 17.5 Å². The van der Waals surface area contributed by atoms with Crippen LogP contribution in [0.3, 0.4) is 0 Å². The fourth-order valence-corrected chi connectivity index (χ4v) is 2.83. The highest BCUT2D eigenvalue weighted by Crippen LogP contribution is 2.38. The number of aromatic nitrogens is 2. The molecule has 5 nitrogen and oxygen atoms in total. The molecule has 0 bridgehead atoms. The molecule has 3 rings (SSSR count). The van der Waals surface area contributed by atoms with E-state index in [-0.39, 0.29) is 5.56 Å². The Bertz CT molecular complexity index is 719. The summed E-state index contributed by atoms with van der Waals surface area (Å²) in [5, 5.41) is 18.2. The van der Waals surface area contributed by atoms with Crippen LogP contribution in [0.1, 0.15) is 16.8 Å². The van der Waals surface area contributed by atoms with E-state index in [9.17, 15) is 18.3 Å². The zero-order valence-corrected chi connectivity index (χ0v) is 13.7. The summed E-state index contributed by atoms with van der Waals surface area (Å²) < 4.78 is 43.7. The van der Waals surface area contributed by atoms with E-state index in [0.29, 0.717) is 37.1 Å². The fourth-order valence-electron chi connectivity index (χ4n) is 2.83. The maximum absolute atomic E-state index is 12.8. The molecule has 2 heterocycles. The lowest BCUT2D eigenvalue weighted by molar-refractivity contribution is -0.137. The zero-order valence-electron chi connectivity index (χ0n) is 13.7. The normalized spacial score (nSPS) is 16.2. The van der Waals surface area contributed by atoms with E-state index in [4.69, 9.17) is 4.74 Å². The van der Waals surface area contributed by atoms with Gasteiger partial charge in [0.25, 0.3) is 0 Å². The monoisotopic (exact) mass is 353 g/mol. The molecule has 0 radical (unpaired) electrons. The van der Waals surface area contributed by atoms with Gasteiger partial charge in [0.05, 0.1) is 30.2 Å². The molecule has 0 aliphatic carbocycles. The van der Waals surface area contributed by atoms with Crippen molar-refractivity contribution in [2.75, 3.05) is 26.3 Å². The Kier molecular flexibility index (Phi) is 4.91. The van der Waals surface area contributed by atoms with Crippen molar-refractivity contribution in [3.8, 4) is 17.0 Å². The highest BCUT2D eigenvalue weighted by atomic mass is 19.4. The lowest BCUT2D eigenvalue weighted by Crippen LogP contribution is -2.35. The standard InChI is InChI=1S/C17H18F3N3O2/c1-11-8-12(17(18,19)20)9-15(24)16(11)14-3-2-13(21-22-14)10-23-4-6-25-7-5-23/h2-3,8-9,24H,4-7,10H2,1H3. The summed E-state index contributed by atoms with van der Waals surface area (Å²) in [7, 11) is 0. The lowest BCUT2D eigenvalue weighted by Gasteiger charge is -2.25. The third kappa shape index (κ3) is 4.08. The van der Waals surface area contributed by atoms with Gasteiger partial charge < -0.3 is 9.84 Å². The fraction of sp³-hybridized carbons (Fsp3) is 0.412. The number of hydrogen-bond donors (Lipinski definition) is 1. The molecule has 1 aromatic heterocycles. The second-order valence-electron chi connectivity index (χ2n) is 5.98. The average molecular weight is 353 g/mol. The Hall–Kier alpha value is -2.19. The number of halogens is 3. The number of nitrogens with zero attached hydrogens (tertiary/aromatic N) is 3. The molecule has 1 aliphatic rings. The predicted octanol–water partition coefficient (Wildman–Crippen LogP) is 3.01. The maximum atomic E-state index is 12.8. The van der Waals surface area contributed by atoms with Crippen LogP contribution >= 0.6 is 0 Å². The van der Waals surface area contributed by atoms with Crippen LogP contribution in [-0.2, 0) is 17.5 Å². The molecule has 0 spiro atoms. The summed E-state index contributed by atoms with van der Waals surface area (Å²) in [6.07, 6.45) is -4.51. The number of hydrogen-bond acceptors (Lipinski definition) is 5. The molecule has 1 saturated heterocycles. The lowest BCUT2D eigenvalue weighted by atomic mass is 10.0. The third-order valence-electron chi connectivity index (χ3n) is 4.11. The minimum atomic E-state index is -4.51. The molecule has 1 aromatic carbocycles. The first kappa shape index (κ1) is 17.6. The van der Waals surface area contributed by atoms with Crippen LogP contribution < -0.4 is 0 Å². The van der Waals surface area contributed by atoms with Crippen LogP contribution in [0, 0.1) is 6.92 Å². The van der Waals surface area contributed by atoms with Gasteiger partial charge in [-0.15, -0.1) is 0 Å². The highest BCUT2D eigenvalue weighted by molar-refractivity contribution is 5.71. The molecule has 1 fully saturated rings. The van der Waals surface area contributed by atoms with Gasteiger partial charge in [-0.25, -0.2) is 0 Å². The highest BCUT2D eigenvalue weighted by Gasteiger charge is 2.32. The van der Waals surface area contributed by atoms with Gasteiger partial charge in [-0.05, 0) is 36.8 Å². The maximum Gasteiger partial charge on any atom is 0.416 e. The van der Waals surface area contributed by atoms with Gasteiger partial charge in [0.15, 0.2) is 0 Å². The number of phenolic OH excluding ortho intramolecular Hbond substituents is 1. The summed E-state index contributed by atoms with van der Waals surface area (Å²) in [5.74, 6) is -0.456. The average Bonchev–Trinajstić information content (AvgIpc) is 2.56. The first-order valence-corrected chi connectivity index (χ1v) is 7.88. The van der Waals surface area contributed by atoms with E-state index in [2.05, 4.69) is 15.1 Å². The van der Waals surface area contributed by atoms with Crippen molar-refractivity contribution in [3.05, 3.63) is 41.1 Å². The first-order valence-electron chi connectivity index (χ1n) is 7.88. The van der Waals surface area contributed by atoms with E-state index >= 15 is 0 Å². The number of morpholine rings is 1. The number of benzene rings is 1. The minimum absolute atomic E-state index is 0.262. The number of ether oxygens (including phenoxy) is 1. The Morgan fingerprint density at radius 3 is 2.44 bits per heavy atom. The largest absolute Gasteiger partial charge is 0.507 e. The Morgan fingerprint density at radius 1 is 1.16 bits per heavy atom. The van der Waals surface area contributed by atoms with E-state index in [1.165, 1.54) is 6.92 Å². The summed E-state index contributed by atoms with van der Waals surface area (Å²) in [5.41, 5.74) is 0.772. The predicted molar refractivity (Wildman–Crippen MR) is 85.0 cm³/mol. The smallest absolute Gasteiger partial charge is 0.416 e. The molecule has 2 aromatic rings. The van der Waals surface area contributed by atoms with Gasteiger partial charge in [0, 0.05) is 25.2 Å². The van der Waals surface area contributed by atoms with E-state index in [1.54, 1.807) is 12.1 Å². The topological polar surface area (TPSA) is 58.5 Å². The molecule has 0 saturated carbocycles. The number of aromatic hydroxyl groups is 1. The molecular weight excluding hydrogens is 335 g/mol. The van der Waals surface area contributed by atoms with Crippen molar-refractivity contribution in [1.82, 2.24) is 15.1 Å². The molecule has 1 aliphatic heterocycles. The van der Waals surface area contributed by atoms with Crippen LogP contribution in [0.4, 0.5) is 13.2 Å². The van der Waals surface area contributed by atoms with Gasteiger partial charge in [0.2, 0.25) is 0 Å². The molecule has 1 N–H and O–H groups in total. The number of alkyl halides is 3. The van der Waals surface area contributed by atoms with E-state index in [1.807, 2.05) is 0 Å². The number of aryl methyl sites for hydroxylation is 1. The molecular formula is C17H18F3N3O2. The second kappa shape index (κ2) is 6.97. The quantitative estimate of drug-likeness (QED) is 0.919. The SMILES string of the molecule is Cc1cc(C(F)(F)F)cc(O)c1-c1ccc(CN2CCOCC2)nn1. The van der Waals surface area contributed by atoms with Gasteiger partial charge in [-0.2, -0.15) is 23.4 Å². The van der Waals surface area contributed by atoms with Crippen molar-refractivity contribution in [3.63, 3.8) is 0 Å². The minimum Gasteiger partial charge on any atom is -0.507 e. The number of phenols is 1. The van der Waals surface area contributed by atoms with Crippen molar-refractivity contribution < 1.29 is 23.0 Å². The van der Waals surface area contributed by atoms with Crippen molar-refractivity contribution >= 4 is 0 Å². The van der Waals surface area contributed by atoms with Crippen LogP contribution in [0.15, 0.2) is 24.3 Å². The Morgan fingerprint density at radius 2 is 1.88 bits per heavy atom. The van der Waals surface area contributed by atoms with Gasteiger partial charge >= 0.3 is 6.18 Å². The van der Waals surface area contributed by atoms with Crippen LogP contribution in [-0.4, -0.2) is 46.5 Å². The summed E-state index contributed by atoms with van der Waals surface area (Å²) in [6.45, 7) is 5.15. The molecule has 8 heteroatoms. The van der Waals surface area contributed by atoms with Gasteiger partial charge in [-0.3, -0.25) is 4.90 Å². The second-order valence-corrected chi connectivity index (χ2v) is 5.98. The zero-order chi connectivity index (χ0) is 18.0.